The number of thioether (sulfide) groups is 1. The van der Waals surface area contributed by atoms with Crippen LogP contribution in [-0.2, 0) is 4.79 Å². The summed E-state index contributed by atoms with van der Waals surface area (Å²) in [6, 6.07) is 3.24. The minimum atomic E-state index is -0.221. The van der Waals surface area contributed by atoms with Gasteiger partial charge in [-0.25, -0.2) is 0 Å². The lowest BCUT2D eigenvalue weighted by atomic mass is 9.97. The number of rotatable bonds is 5. The second kappa shape index (κ2) is 7.40. The van der Waals surface area contributed by atoms with Crippen LogP contribution in [0, 0.1) is 5.92 Å². The molecule has 0 radical (unpaired) electrons. The average Bonchev–Trinajstić information content (AvgIpc) is 2.90. The van der Waals surface area contributed by atoms with Gasteiger partial charge in [0.2, 0.25) is 5.91 Å². The number of aliphatic imine (C=N–C) groups is 1. The fraction of sp³-hybridized carbons (Fsp3) is 0.444. The molecule has 6 nitrogen and oxygen atoms in total. The van der Waals surface area contributed by atoms with E-state index < -0.39 is 0 Å². The van der Waals surface area contributed by atoms with Crippen LogP contribution < -0.4 is 20.1 Å². The third-order valence-electron chi connectivity index (χ3n) is 4.66. The summed E-state index contributed by atoms with van der Waals surface area (Å²) in [5.74, 6) is 1.56. The molecule has 2 N–H and O–H groups in total. The van der Waals surface area contributed by atoms with Crippen LogP contribution in [0.1, 0.15) is 20.8 Å². The monoisotopic (exact) mass is 395 g/mol. The summed E-state index contributed by atoms with van der Waals surface area (Å²) in [7, 11) is 3.13. The van der Waals surface area contributed by atoms with E-state index in [0.717, 1.165) is 5.57 Å². The van der Waals surface area contributed by atoms with Gasteiger partial charge in [0.05, 0.1) is 36.9 Å². The summed E-state index contributed by atoms with van der Waals surface area (Å²) in [5, 5.41) is 6.64. The van der Waals surface area contributed by atoms with E-state index in [0.29, 0.717) is 28.0 Å². The van der Waals surface area contributed by atoms with Gasteiger partial charge < -0.3 is 20.1 Å². The number of hydrogen-bond acceptors (Lipinski definition) is 6. The quantitative estimate of drug-likeness (QED) is 0.795. The largest absolute Gasteiger partial charge is 0.495 e. The van der Waals surface area contributed by atoms with E-state index in [1.54, 1.807) is 38.1 Å². The Balaban J connectivity index is 1.83. The van der Waals surface area contributed by atoms with Gasteiger partial charge in [0.1, 0.15) is 22.7 Å². The van der Waals surface area contributed by atoms with Crippen molar-refractivity contribution in [1.29, 1.82) is 0 Å². The number of allylic oxidation sites excluding steroid dienone is 1. The van der Waals surface area contributed by atoms with Crippen molar-refractivity contribution in [3.63, 3.8) is 0 Å². The Morgan fingerprint density at radius 3 is 2.62 bits per heavy atom. The van der Waals surface area contributed by atoms with Crippen molar-refractivity contribution in [2.75, 3.05) is 19.5 Å². The van der Waals surface area contributed by atoms with Crippen molar-refractivity contribution >= 4 is 40.8 Å². The van der Waals surface area contributed by atoms with Crippen LogP contribution in [0.5, 0.6) is 11.5 Å². The van der Waals surface area contributed by atoms with Gasteiger partial charge in [0.25, 0.3) is 0 Å². The van der Waals surface area contributed by atoms with Crippen molar-refractivity contribution in [2.45, 2.75) is 32.2 Å². The Morgan fingerprint density at radius 2 is 1.96 bits per heavy atom. The van der Waals surface area contributed by atoms with Gasteiger partial charge in [0.15, 0.2) is 0 Å². The van der Waals surface area contributed by atoms with Gasteiger partial charge in [-0.1, -0.05) is 11.6 Å². The molecule has 2 aliphatic heterocycles. The van der Waals surface area contributed by atoms with Crippen LogP contribution in [0.2, 0.25) is 5.02 Å². The first-order chi connectivity index (χ1) is 12.3. The molecule has 0 aliphatic carbocycles. The summed E-state index contributed by atoms with van der Waals surface area (Å²) in [6.45, 7) is 5.97. The van der Waals surface area contributed by atoms with E-state index in [4.69, 9.17) is 26.1 Å². The molecule has 0 aromatic heterocycles. The molecule has 8 heteroatoms. The van der Waals surface area contributed by atoms with E-state index >= 15 is 0 Å². The molecule has 0 saturated heterocycles. The molecule has 2 aliphatic rings. The van der Waals surface area contributed by atoms with Crippen LogP contribution in [0.25, 0.3) is 0 Å². The van der Waals surface area contributed by atoms with Crippen molar-refractivity contribution in [2.24, 2.45) is 10.9 Å². The minimum absolute atomic E-state index is 0.00356. The Hall–Kier alpha value is -1.86. The number of benzene rings is 1. The Bertz CT molecular complexity index is 809. The lowest BCUT2D eigenvalue weighted by Gasteiger charge is -2.28. The summed E-state index contributed by atoms with van der Waals surface area (Å²) in [6.07, 6.45) is 0. The van der Waals surface area contributed by atoms with E-state index in [1.165, 1.54) is 4.91 Å². The third-order valence-corrected chi connectivity index (χ3v) is 6.25. The number of ether oxygens (including phenoxy) is 2. The van der Waals surface area contributed by atoms with Gasteiger partial charge in [-0.15, -0.1) is 11.8 Å². The van der Waals surface area contributed by atoms with Crippen LogP contribution in [0.3, 0.4) is 0 Å². The number of carbonyl (C=O) groups is 1. The summed E-state index contributed by atoms with van der Waals surface area (Å²) >= 11 is 7.80. The zero-order chi connectivity index (χ0) is 19.0. The number of carbonyl (C=O) groups excluding carboxylic acids is 1. The number of fused-ring (bicyclic) bond motifs is 1. The minimum Gasteiger partial charge on any atom is -0.495 e. The maximum Gasteiger partial charge on any atom is 0.235 e. The smallest absolute Gasteiger partial charge is 0.235 e. The molecule has 2 heterocycles. The zero-order valence-electron chi connectivity index (χ0n) is 15.3. The van der Waals surface area contributed by atoms with Gasteiger partial charge >= 0.3 is 0 Å². The van der Waals surface area contributed by atoms with Crippen LogP contribution in [0.4, 0.5) is 5.69 Å². The molecule has 0 spiro atoms. The predicted octanol–water partition coefficient (Wildman–Crippen LogP) is 3.67. The highest BCUT2D eigenvalue weighted by atomic mass is 35.5. The standard InChI is InChI=1S/C18H22ClN3O3S/c1-8-10(3)26-18-15(8)17(23)21-16(22-18)9(2)20-12-7-13(24-4)11(19)6-14(12)25-5/h6-7,9,15,18,20H,1-5H3,(H,21,22,23)/t9-,15+,18+/m1/s1. The van der Waals surface area contributed by atoms with Crippen LogP contribution >= 0.6 is 23.4 Å². The fourth-order valence-corrected chi connectivity index (χ4v) is 4.61. The number of hydrogen-bond donors (Lipinski definition) is 2. The van der Waals surface area contributed by atoms with Crippen LogP contribution in [0.15, 0.2) is 27.6 Å². The highest BCUT2D eigenvalue weighted by Gasteiger charge is 2.41. The predicted molar refractivity (Wildman–Crippen MR) is 106 cm³/mol. The second-order valence-electron chi connectivity index (χ2n) is 6.28. The van der Waals surface area contributed by atoms with Crippen molar-refractivity contribution < 1.29 is 14.3 Å². The number of amidine groups is 1. The molecule has 3 rings (SSSR count). The molecular weight excluding hydrogens is 374 g/mol. The van der Waals surface area contributed by atoms with Gasteiger partial charge in [0, 0.05) is 12.1 Å². The number of halogens is 1. The molecule has 0 bridgehead atoms. The first-order valence-electron chi connectivity index (χ1n) is 8.26. The first-order valence-corrected chi connectivity index (χ1v) is 9.52. The molecule has 0 fully saturated rings. The number of nitrogens with zero attached hydrogens (tertiary/aromatic N) is 1. The maximum atomic E-state index is 12.5. The van der Waals surface area contributed by atoms with E-state index in [2.05, 4.69) is 10.6 Å². The molecule has 1 amide bonds. The first kappa shape index (κ1) is 18.9. The Morgan fingerprint density at radius 1 is 1.27 bits per heavy atom. The molecule has 0 unspecified atom stereocenters. The molecule has 0 saturated carbocycles. The number of nitrogens with one attached hydrogen (secondary N) is 2. The lowest BCUT2D eigenvalue weighted by molar-refractivity contribution is -0.122. The summed E-state index contributed by atoms with van der Waals surface area (Å²) < 4.78 is 10.7. The molecule has 26 heavy (non-hydrogen) atoms. The summed E-state index contributed by atoms with van der Waals surface area (Å²) in [4.78, 5) is 18.5. The van der Waals surface area contributed by atoms with Gasteiger partial charge in [-0.3, -0.25) is 9.79 Å². The lowest BCUT2D eigenvalue weighted by Crippen LogP contribution is -2.49. The molecule has 1 aromatic carbocycles. The molecular formula is C18H22ClN3O3S. The van der Waals surface area contributed by atoms with Gasteiger partial charge in [-0.05, 0) is 31.2 Å². The highest BCUT2D eigenvalue weighted by molar-refractivity contribution is 8.04. The summed E-state index contributed by atoms with van der Waals surface area (Å²) in [5.41, 5.74) is 1.81. The van der Waals surface area contributed by atoms with Crippen LogP contribution in [-0.4, -0.2) is 37.4 Å². The zero-order valence-corrected chi connectivity index (χ0v) is 16.9. The molecule has 1 aromatic rings. The Labute approximate surface area is 162 Å². The van der Waals surface area contributed by atoms with E-state index in [9.17, 15) is 4.79 Å². The van der Waals surface area contributed by atoms with Gasteiger partial charge in [-0.2, -0.15) is 0 Å². The molecule has 3 atom stereocenters. The number of methoxy groups -OCH3 is 2. The number of amides is 1. The topological polar surface area (TPSA) is 72.0 Å². The second-order valence-corrected chi connectivity index (χ2v) is 8.02. The van der Waals surface area contributed by atoms with E-state index in [1.807, 2.05) is 20.8 Å². The highest BCUT2D eigenvalue weighted by Crippen LogP contribution is 2.44. The SMILES string of the molecule is COc1cc(N[C@H](C)C2=N[C@H]3SC(C)=C(C)[C@H]3C(=O)N2)c(OC)cc1Cl. The molecule has 140 valence electrons. The average molecular weight is 396 g/mol. The maximum absolute atomic E-state index is 12.5. The number of anilines is 1. The Kier molecular flexibility index (Phi) is 5.39. The van der Waals surface area contributed by atoms with Crippen molar-refractivity contribution in [3.8, 4) is 11.5 Å². The third kappa shape index (κ3) is 3.38. The fourth-order valence-electron chi connectivity index (χ4n) is 3.07. The van der Waals surface area contributed by atoms with Crippen molar-refractivity contribution in [1.82, 2.24) is 5.32 Å². The van der Waals surface area contributed by atoms with Crippen molar-refractivity contribution in [3.05, 3.63) is 27.6 Å². The van der Waals surface area contributed by atoms with E-state index in [-0.39, 0.29) is 23.2 Å². The normalized spacial score (nSPS) is 23.2.